The van der Waals surface area contributed by atoms with Crippen LogP contribution in [0.2, 0.25) is 0 Å². The van der Waals surface area contributed by atoms with Gasteiger partial charge in [-0.2, -0.15) is 10.9 Å². The first-order valence-electron chi connectivity index (χ1n) is 3.33. The van der Waals surface area contributed by atoms with E-state index in [4.69, 9.17) is 12.6 Å². The van der Waals surface area contributed by atoms with Crippen LogP contribution >= 0.6 is 0 Å². The molecule has 0 spiro atoms. The van der Waals surface area contributed by atoms with E-state index in [1.807, 2.05) is 18.5 Å². The molecule has 0 aliphatic rings. The largest absolute Gasteiger partial charge is 0.791 e. The molecule has 0 aromatic carbocycles. The molecule has 56 valence electrons. The molecule has 0 unspecified atom stereocenters. The molecular formula is C7H11N2S-. The van der Waals surface area contributed by atoms with E-state index in [1.54, 1.807) is 0 Å². The van der Waals surface area contributed by atoms with E-state index in [0.717, 1.165) is 18.0 Å². The van der Waals surface area contributed by atoms with Crippen molar-refractivity contribution < 1.29 is 0 Å². The highest BCUT2D eigenvalue weighted by molar-refractivity contribution is 7.58. The fraction of sp³-hybridized carbons (Fsp3) is 0.571. The van der Waals surface area contributed by atoms with E-state index >= 15 is 0 Å². The van der Waals surface area contributed by atoms with Crippen LogP contribution in [0, 0.1) is 13.8 Å². The topological polar surface area (TPSA) is 17.8 Å². The maximum Gasteiger partial charge on any atom is 0.0596 e. The van der Waals surface area contributed by atoms with Crippen molar-refractivity contribution in [3.8, 4) is 0 Å². The molecule has 0 amide bonds. The molecule has 2 nitrogen and oxygen atoms in total. The Morgan fingerprint density at radius 1 is 1.60 bits per heavy atom. The van der Waals surface area contributed by atoms with Crippen molar-refractivity contribution in [3.05, 3.63) is 17.5 Å². The fourth-order valence-corrected chi connectivity index (χ4v) is 1.16. The second kappa shape index (κ2) is 3.10. The Bertz CT molecular complexity index is 217. The van der Waals surface area contributed by atoms with E-state index in [0.29, 0.717) is 0 Å². The van der Waals surface area contributed by atoms with Crippen LogP contribution in [0.25, 0.3) is 0 Å². The summed E-state index contributed by atoms with van der Waals surface area (Å²) in [7, 11) is 0. The summed E-state index contributed by atoms with van der Waals surface area (Å²) >= 11 is 4.84. The van der Waals surface area contributed by atoms with Crippen LogP contribution in [0.15, 0.2) is 6.07 Å². The molecule has 0 aliphatic heterocycles. The minimum Gasteiger partial charge on any atom is -0.791 e. The van der Waals surface area contributed by atoms with Gasteiger partial charge < -0.3 is 12.6 Å². The fourth-order valence-electron chi connectivity index (χ4n) is 0.988. The summed E-state index contributed by atoms with van der Waals surface area (Å²) in [5.74, 6) is 0.738. The number of aryl methyl sites for hydroxylation is 3. The van der Waals surface area contributed by atoms with Crippen molar-refractivity contribution in [1.29, 1.82) is 0 Å². The Hall–Kier alpha value is -0.440. The Morgan fingerprint density at radius 2 is 2.30 bits per heavy atom. The number of nitrogens with zero attached hydrogens (tertiary/aromatic N) is 2. The molecule has 0 radical (unpaired) electrons. The number of hydrogen-bond acceptors (Lipinski definition) is 2. The molecule has 0 saturated heterocycles. The maximum absolute atomic E-state index is 4.84. The Labute approximate surface area is 66.7 Å². The first kappa shape index (κ1) is 7.66. The monoisotopic (exact) mass is 155 g/mol. The van der Waals surface area contributed by atoms with Gasteiger partial charge in [-0.1, -0.05) is 0 Å². The molecule has 0 bridgehead atoms. The van der Waals surface area contributed by atoms with Gasteiger partial charge in [0, 0.05) is 12.2 Å². The van der Waals surface area contributed by atoms with Crippen LogP contribution in [0.5, 0.6) is 0 Å². The molecule has 1 aromatic heterocycles. The summed E-state index contributed by atoms with van der Waals surface area (Å²) in [5, 5.41) is 4.25. The minimum atomic E-state index is 0.738. The number of rotatable bonds is 2. The number of hydrogen-bond donors (Lipinski definition) is 0. The second-order valence-electron chi connectivity index (χ2n) is 2.35. The van der Waals surface area contributed by atoms with E-state index < -0.39 is 0 Å². The van der Waals surface area contributed by atoms with Crippen molar-refractivity contribution in [2.75, 3.05) is 5.75 Å². The lowest BCUT2D eigenvalue weighted by Gasteiger charge is -2.05. The van der Waals surface area contributed by atoms with Gasteiger partial charge in [-0.05, 0) is 19.9 Å². The van der Waals surface area contributed by atoms with Gasteiger partial charge in [0.15, 0.2) is 0 Å². The lowest BCUT2D eigenvalue weighted by Crippen LogP contribution is -2.04. The quantitative estimate of drug-likeness (QED) is 0.594. The third-order valence-corrected chi connectivity index (χ3v) is 1.59. The lowest BCUT2D eigenvalue weighted by atomic mass is 10.4. The van der Waals surface area contributed by atoms with E-state index in [2.05, 4.69) is 11.2 Å². The average Bonchev–Trinajstić information content (AvgIpc) is 2.13. The van der Waals surface area contributed by atoms with Crippen molar-refractivity contribution >= 4 is 12.6 Å². The van der Waals surface area contributed by atoms with E-state index in [1.165, 1.54) is 5.69 Å². The lowest BCUT2D eigenvalue weighted by molar-refractivity contribution is 0.641. The Balaban J connectivity index is 2.81. The number of aromatic nitrogens is 2. The second-order valence-corrected chi connectivity index (χ2v) is 2.76. The predicted octanol–water partition coefficient (Wildman–Crippen LogP) is 1.05. The van der Waals surface area contributed by atoms with Gasteiger partial charge in [-0.25, -0.2) is 0 Å². The molecule has 1 rings (SSSR count). The van der Waals surface area contributed by atoms with Crippen LogP contribution in [-0.2, 0) is 19.2 Å². The van der Waals surface area contributed by atoms with Crippen LogP contribution in [0.4, 0.5) is 0 Å². The molecule has 0 aliphatic carbocycles. The minimum absolute atomic E-state index is 0.738. The zero-order valence-corrected chi connectivity index (χ0v) is 7.11. The van der Waals surface area contributed by atoms with Gasteiger partial charge in [0.1, 0.15) is 0 Å². The molecule has 10 heavy (non-hydrogen) atoms. The molecule has 1 aromatic rings. The smallest absolute Gasteiger partial charge is 0.0596 e. The third-order valence-electron chi connectivity index (χ3n) is 1.41. The van der Waals surface area contributed by atoms with Crippen LogP contribution in [-0.4, -0.2) is 15.5 Å². The third kappa shape index (κ3) is 1.53. The van der Waals surface area contributed by atoms with Crippen LogP contribution in [0.3, 0.4) is 0 Å². The summed E-state index contributed by atoms with van der Waals surface area (Å²) in [6, 6.07) is 2.06. The predicted molar refractivity (Wildman–Crippen MR) is 43.9 cm³/mol. The molecule has 0 fully saturated rings. The van der Waals surface area contributed by atoms with Gasteiger partial charge in [-0.15, -0.1) is 0 Å². The average molecular weight is 155 g/mol. The zero-order chi connectivity index (χ0) is 7.56. The standard InChI is InChI=1S/C7H12N2S/c1-6-5-7(2)9(8-6)3-4-10/h5,10H,3-4H2,1-2H3/p-1. The molecule has 0 N–H and O–H groups in total. The van der Waals surface area contributed by atoms with Gasteiger partial charge in [0.2, 0.25) is 0 Å². The van der Waals surface area contributed by atoms with Crippen LogP contribution < -0.4 is 0 Å². The van der Waals surface area contributed by atoms with E-state index in [9.17, 15) is 0 Å². The maximum atomic E-state index is 4.84. The van der Waals surface area contributed by atoms with Crippen LogP contribution in [0.1, 0.15) is 11.4 Å². The summed E-state index contributed by atoms with van der Waals surface area (Å²) < 4.78 is 1.95. The summed E-state index contributed by atoms with van der Waals surface area (Å²) in [6.07, 6.45) is 0. The van der Waals surface area contributed by atoms with Crippen molar-refractivity contribution in [2.24, 2.45) is 0 Å². The van der Waals surface area contributed by atoms with Gasteiger partial charge >= 0.3 is 0 Å². The molecule has 3 heteroatoms. The first-order chi connectivity index (χ1) is 4.74. The SMILES string of the molecule is Cc1cc(C)n(CC[S-])n1. The molecule has 0 atom stereocenters. The summed E-state index contributed by atoms with van der Waals surface area (Å²) in [6.45, 7) is 4.90. The Morgan fingerprint density at radius 3 is 2.70 bits per heavy atom. The highest BCUT2D eigenvalue weighted by atomic mass is 32.1. The normalized spacial score (nSPS) is 10.3. The van der Waals surface area contributed by atoms with Gasteiger partial charge in [0.05, 0.1) is 5.69 Å². The first-order valence-corrected chi connectivity index (χ1v) is 3.91. The van der Waals surface area contributed by atoms with Crippen molar-refractivity contribution in [2.45, 2.75) is 20.4 Å². The Kier molecular flexibility index (Phi) is 2.38. The highest BCUT2D eigenvalue weighted by Crippen LogP contribution is 2.00. The van der Waals surface area contributed by atoms with Gasteiger partial charge in [-0.3, -0.25) is 4.68 Å². The molecular weight excluding hydrogens is 144 g/mol. The van der Waals surface area contributed by atoms with Crippen molar-refractivity contribution in [1.82, 2.24) is 9.78 Å². The zero-order valence-electron chi connectivity index (χ0n) is 6.29. The van der Waals surface area contributed by atoms with Gasteiger partial charge in [0.25, 0.3) is 0 Å². The molecule has 1 heterocycles. The summed E-state index contributed by atoms with van der Waals surface area (Å²) in [5.41, 5.74) is 2.27. The highest BCUT2D eigenvalue weighted by Gasteiger charge is 1.95. The summed E-state index contributed by atoms with van der Waals surface area (Å²) in [4.78, 5) is 0. The molecule has 0 saturated carbocycles. The van der Waals surface area contributed by atoms with E-state index in [-0.39, 0.29) is 0 Å². The van der Waals surface area contributed by atoms with Crippen molar-refractivity contribution in [3.63, 3.8) is 0 Å².